The first-order chi connectivity index (χ1) is 9.36. The molecule has 0 radical (unpaired) electrons. The number of carboxylic acid groups (broad SMARTS) is 1. The van der Waals surface area contributed by atoms with Gasteiger partial charge in [0, 0.05) is 31.9 Å². The first-order valence-corrected chi connectivity index (χ1v) is 6.17. The fourth-order valence-electron chi connectivity index (χ4n) is 1.64. The van der Waals surface area contributed by atoms with Crippen LogP contribution in [0.2, 0.25) is 5.02 Å². The Labute approximate surface area is 120 Å². The molecule has 0 aromatic heterocycles. The van der Waals surface area contributed by atoms with Crippen LogP contribution in [0.15, 0.2) is 12.1 Å². The molecule has 0 fully saturated rings. The molecule has 0 amide bonds. The van der Waals surface area contributed by atoms with E-state index in [-0.39, 0.29) is 23.7 Å². The molecule has 1 aromatic rings. The number of nitro benzene ring substituents is 1. The molecule has 7 nitrogen and oxygen atoms in total. The third-order valence-electron chi connectivity index (χ3n) is 2.73. The number of carboxylic acids is 1. The number of nitrogens with one attached hydrogen (secondary N) is 1. The molecule has 0 aliphatic heterocycles. The number of carbonyl (C=O) groups is 1. The summed E-state index contributed by atoms with van der Waals surface area (Å²) in [5.74, 6) is -1.03. The van der Waals surface area contributed by atoms with Crippen molar-refractivity contribution in [1.29, 1.82) is 0 Å². The van der Waals surface area contributed by atoms with E-state index in [9.17, 15) is 14.9 Å². The molecule has 110 valence electrons. The molecule has 0 aliphatic rings. The van der Waals surface area contributed by atoms with Crippen molar-refractivity contribution in [2.45, 2.75) is 19.4 Å². The second kappa shape index (κ2) is 7.06. The fourth-order valence-corrected chi connectivity index (χ4v) is 1.88. The van der Waals surface area contributed by atoms with Crippen LogP contribution in [0.1, 0.15) is 12.0 Å². The van der Waals surface area contributed by atoms with Gasteiger partial charge in [-0.25, -0.2) is 4.79 Å². The van der Waals surface area contributed by atoms with E-state index in [1.54, 1.807) is 6.92 Å². The van der Waals surface area contributed by atoms with Gasteiger partial charge in [0.25, 0.3) is 5.69 Å². The lowest BCUT2D eigenvalue weighted by Gasteiger charge is -2.17. The molecule has 1 rings (SSSR count). The Kier molecular flexibility index (Phi) is 5.72. The van der Waals surface area contributed by atoms with Crippen LogP contribution < -0.4 is 5.32 Å². The summed E-state index contributed by atoms with van der Waals surface area (Å²) in [5.41, 5.74) is 0.785. The van der Waals surface area contributed by atoms with E-state index < -0.39 is 16.9 Å². The van der Waals surface area contributed by atoms with E-state index in [0.29, 0.717) is 11.3 Å². The number of halogens is 1. The Morgan fingerprint density at radius 1 is 1.60 bits per heavy atom. The molecule has 0 saturated carbocycles. The van der Waals surface area contributed by atoms with Crippen molar-refractivity contribution in [3.63, 3.8) is 0 Å². The second-order valence-corrected chi connectivity index (χ2v) is 4.60. The van der Waals surface area contributed by atoms with Crippen LogP contribution in [0.5, 0.6) is 0 Å². The van der Waals surface area contributed by atoms with Crippen LogP contribution in [0.4, 0.5) is 11.4 Å². The number of ether oxygens (including phenoxy) is 1. The van der Waals surface area contributed by atoms with E-state index in [0.717, 1.165) is 0 Å². The van der Waals surface area contributed by atoms with Crippen molar-refractivity contribution in [3.05, 3.63) is 32.8 Å². The number of anilines is 1. The van der Waals surface area contributed by atoms with Crippen molar-refractivity contribution in [3.8, 4) is 0 Å². The minimum Gasteiger partial charge on any atom is -0.480 e. The Hall–Kier alpha value is -1.86. The average Bonchev–Trinajstić information content (AvgIpc) is 2.37. The lowest BCUT2D eigenvalue weighted by Crippen LogP contribution is -2.30. The van der Waals surface area contributed by atoms with E-state index in [2.05, 4.69) is 5.32 Å². The van der Waals surface area contributed by atoms with Gasteiger partial charge in [0.2, 0.25) is 0 Å². The largest absolute Gasteiger partial charge is 0.480 e. The van der Waals surface area contributed by atoms with Crippen LogP contribution in [-0.2, 0) is 9.53 Å². The number of nitrogens with zero attached hydrogens (tertiary/aromatic N) is 1. The zero-order valence-electron chi connectivity index (χ0n) is 11.1. The van der Waals surface area contributed by atoms with Crippen LogP contribution in [0, 0.1) is 17.0 Å². The normalized spacial score (nSPS) is 11.9. The maximum absolute atomic E-state index is 11.1. The van der Waals surface area contributed by atoms with Crippen molar-refractivity contribution in [2.24, 2.45) is 0 Å². The van der Waals surface area contributed by atoms with Gasteiger partial charge in [-0.3, -0.25) is 10.1 Å². The third-order valence-corrected chi connectivity index (χ3v) is 3.03. The number of methoxy groups -OCH3 is 1. The average molecular weight is 303 g/mol. The Morgan fingerprint density at radius 2 is 2.25 bits per heavy atom. The fraction of sp³-hybridized carbons (Fsp3) is 0.417. The van der Waals surface area contributed by atoms with E-state index in [4.69, 9.17) is 21.4 Å². The summed E-state index contributed by atoms with van der Waals surface area (Å²) >= 11 is 5.81. The van der Waals surface area contributed by atoms with E-state index in [1.165, 1.54) is 19.2 Å². The second-order valence-electron chi connectivity index (χ2n) is 4.19. The number of aliphatic carboxylic acids is 1. The van der Waals surface area contributed by atoms with E-state index in [1.807, 2.05) is 0 Å². The molecular formula is C12H15ClN2O5. The highest BCUT2D eigenvalue weighted by Crippen LogP contribution is 2.31. The summed E-state index contributed by atoms with van der Waals surface area (Å²) in [6, 6.07) is 1.81. The maximum atomic E-state index is 11.1. The van der Waals surface area contributed by atoms with Gasteiger partial charge in [-0.2, -0.15) is 0 Å². The zero-order valence-corrected chi connectivity index (χ0v) is 11.8. The van der Waals surface area contributed by atoms with Gasteiger partial charge in [-0.1, -0.05) is 11.6 Å². The van der Waals surface area contributed by atoms with Gasteiger partial charge in [-0.05, 0) is 18.6 Å². The first kappa shape index (κ1) is 16.2. The summed E-state index contributed by atoms with van der Waals surface area (Å²) in [6.07, 6.45) is 0.264. The zero-order chi connectivity index (χ0) is 15.3. The van der Waals surface area contributed by atoms with Crippen LogP contribution in [-0.4, -0.2) is 35.8 Å². The predicted octanol–water partition coefficient (Wildman–Crippen LogP) is 2.46. The topological polar surface area (TPSA) is 102 Å². The summed E-state index contributed by atoms with van der Waals surface area (Å²) in [6.45, 7) is 1.92. The van der Waals surface area contributed by atoms with Crippen molar-refractivity contribution in [2.75, 3.05) is 19.0 Å². The molecule has 8 heteroatoms. The van der Waals surface area contributed by atoms with Gasteiger partial charge in [-0.15, -0.1) is 0 Å². The summed E-state index contributed by atoms with van der Waals surface area (Å²) in [5, 5.41) is 22.6. The highest BCUT2D eigenvalue weighted by molar-refractivity contribution is 6.33. The maximum Gasteiger partial charge on any atom is 0.326 e. The third kappa shape index (κ3) is 4.07. The molecule has 1 aromatic carbocycles. The summed E-state index contributed by atoms with van der Waals surface area (Å²) < 4.78 is 4.85. The molecule has 0 saturated heterocycles. The number of aryl methyl sites for hydroxylation is 1. The van der Waals surface area contributed by atoms with Gasteiger partial charge >= 0.3 is 5.97 Å². The highest BCUT2D eigenvalue weighted by Gasteiger charge is 2.20. The quantitative estimate of drug-likeness (QED) is 0.592. The molecule has 0 aliphatic carbocycles. The lowest BCUT2D eigenvalue weighted by molar-refractivity contribution is -0.384. The standard InChI is InChI=1S/C12H15ClN2O5/c1-7-5-11(15(18)19)8(13)6-10(7)14-9(12(16)17)3-4-20-2/h5-6,9,14H,3-4H2,1-2H3,(H,16,17). The van der Waals surface area contributed by atoms with E-state index >= 15 is 0 Å². The van der Waals surface area contributed by atoms with Gasteiger partial charge < -0.3 is 15.2 Å². The summed E-state index contributed by atoms with van der Waals surface area (Å²) in [7, 11) is 1.48. The highest BCUT2D eigenvalue weighted by atomic mass is 35.5. The molecule has 1 unspecified atom stereocenters. The molecule has 20 heavy (non-hydrogen) atoms. The molecule has 0 bridgehead atoms. The minimum atomic E-state index is -1.03. The molecular weight excluding hydrogens is 288 g/mol. The number of rotatable bonds is 7. The number of nitro groups is 1. The van der Waals surface area contributed by atoms with Crippen LogP contribution >= 0.6 is 11.6 Å². The Balaban J connectivity index is 2.98. The smallest absolute Gasteiger partial charge is 0.326 e. The molecule has 0 heterocycles. The van der Waals surface area contributed by atoms with Crippen molar-refractivity contribution in [1.82, 2.24) is 0 Å². The van der Waals surface area contributed by atoms with Gasteiger partial charge in [0.05, 0.1) is 4.92 Å². The monoisotopic (exact) mass is 302 g/mol. The number of hydrogen-bond acceptors (Lipinski definition) is 5. The number of hydrogen-bond donors (Lipinski definition) is 2. The molecule has 0 spiro atoms. The van der Waals surface area contributed by atoms with Gasteiger partial charge in [0.1, 0.15) is 11.1 Å². The van der Waals surface area contributed by atoms with Crippen LogP contribution in [0.3, 0.4) is 0 Å². The molecule has 1 atom stereocenters. The van der Waals surface area contributed by atoms with Crippen molar-refractivity contribution < 1.29 is 19.6 Å². The van der Waals surface area contributed by atoms with Crippen LogP contribution in [0.25, 0.3) is 0 Å². The lowest BCUT2D eigenvalue weighted by atomic mass is 10.1. The minimum absolute atomic E-state index is 0.0426. The van der Waals surface area contributed by atoms with Gasteiger partial charge in [0.15, 0.2) is 0 Å². The SMILES string of the molecule is COCCC(Nc1cc(Cl)c([N+](=O)[O-])cc1C)C(=O)O. The Morgan fingerprint density at radius 3 is 2.75 bits per heavy atom. The molecule has 2 N–H and O–H groups in total. The Bertz CT molecular complexity index is 521. The predicted molar refractivity (Wildman–Crippen MR) is 74.4 cm³/mol. The van der Waals surface area contributed by atoms with Crippen molar-refractivity contribution >= 4 is 28.9 Å². The number of benzene rings is 1. The first-order valence-electron chi connectivity index (χ1n) is 5.79. The summed E-state index contributed by atoms with van der Waals surface area (Å²) in [4.78, 5) is 21.3.